The SMILES string of the molecule is COc1ccc(Br)c(CC(O)c2cccc(I)c2)c1. The summed E-state index contributed by atoms with van der Waals surface area (Å²) >= 11 is 5.75. The molecule has 0 heterocycles. The molecule has 2 rings (SSSR count). The van der Waals surface area contributed by atoms with Gasteiger partial charge in [0, 0.05) is 14.5 Å². The fourth-order valence-electron chi connectivity index (χ4n) is 1.87. The van der Waals surface area contributed by atoms with E-state index in [-0.39, 0.29) is 0 Å². The Morgan fingerprint density at radius 1 is 1.26 bits per heavy atom. The van der Waals surface area contributed by atoms with Gasteiger partial charge in [-0.3, -0.25) is 0 Å². The Bertz CT molecular complexity index is 572. The third-order valence-electron chi connectivity index (χ3n) is 2.90. The second kappa shape index (κ2) is 6.72. The third kappa shape index (κ3) is 3.94. The minimum Gasteiger partial charge on any atom is -0.497 e. The van der Waals surface area contributed by atoms with Gasteiger partial charge < -0.3 is 9.84 Å². The first-order valence-electron chi connectivity index (χ1n) is 5.86. The molecule has 1 unspecified atom stereocenters. The molecule has 2 aromatic rings. The molecule has 19 heavy (non-hydrogen) atoms. The average Bonchev–Trinajstić information content (AvgIpc) is 2.41. The lowest BCUT2D eigenvalue weighted by atomic mass is 10.0. The van der Waals surface area contributed by atoms with Gasteiger partial charge in [0.2, 0.25) is 0 Å². The van der Waals surface area contributed by atoms with Gasteiger partial charge in [-0.15, -0.1) is 0 Å². The molecule has 0 saturated heterocycles. The van der Waals surface area contributed by atoms with Gasteiger partial charge in [0.1, 0.15) is 5.75 Å². The maximum absolute atomic E-state index is 10.3. The smallest absolute Gasteiger partial charge is 0.119 e. The summed E-state index contributed by atoms with van der Waals surface area (Å²) < 4.78 is 7.32. The maximum Gasteiger partial charge on any atom is 0.119 e. The van der Waals surface area contributed by atoms with E-state index >= 15 is 0 Å². The van der Waals surface area contributed by atoms with Gasteiger partial charge in [0.15, 0.2) is 0 Å². The van der Waals surface area contributed by atoms with Crippen molar-refractivity contribution >= 4 is 38.5 Å². The van der Waals surface area contributed by atoms with E-state index in [4.69, 9.17) is 4.74 Å². The largest absolute Gasteiger partial charge is 0.497 e. The average molecular weight is 433 g/mol. The van der Waals surface area contributed by atoms with Gasteiger partial charge in [-0.1, -0.05) is 28.1 Å². The zero-order valence-electron chi connectivity index (χ0n) is 10.4. The van der Waals surface area contributed by atoms with E-state index in [1.807, 2.05) is 42.5 Å². The molecule has 0 spiro atoms. The minimum atomic E-state index is -0.516. The van der Waals surface area contributed by atoms with E-state index in [1.165, 1.54) is 0 Å². The summed E-state index contributed by atoms with van der Waals surface area (Å²) in [6.07, 6.45) is 0.0378. The maximum atomic E-state index is 10.3. The first kappa shape index (κ1) is 14.8. The summed E-state index contributed by atoms with van der Waals surface area (Å²) in [5, 5.41) is 10.3. The number of rotatable bonds is 4. The van der Waals surface area contributed by atoms with E-state index in [9.17, 15) is 5.11 Å². The van der Waals surface area contributed by atoms with Crippen molar-refractivity contribution in [2.45, 2.75) is 12.5 Å². The molecular formula is C15H14BrIO2. The Kier molecular flexibility index (Phi) is 5.24. The fourth-order valence-corrected chi connectivity index (χ4v) is 2.85. The highest BCUT2D eigenvalue weighted by molar-refractivity contribution is 14.1. The van der Waals surface area contributed by atoms with Crippen LogP contribution in [0, 0.1) is 3.57 Å². The van der Waals surface area contributed by atoms with Crippen molar-refractivity contribution < 1.29 is 9.84 Å². The van der Waals surface area contributed by atoms with E-state index in [2.05, 4.69) is 38.5 Å². The molecule has 0 aliphatic carbocycles. The first-order valence-corrected chi connectivity index (χ1v) is 7.73. The highest BCUT2D eigenvalue weighted by Crippen LogP contribution is 2.27. The molecule has 0 aliphatic heterocycles. The van der Waals surface area contributed by atoms with Crippen LogP contribution >= 0.6 is 38.5 Å². The molecule has 0 radical (unpaired) electrons. The lowest BCUT2D eigenvalue weighted by molar-refractivity contribution is 0.178. The Morgan fingerprint density at radius 3 is 2.74 bits per heavy atom. The number of methoxy groups -OCH3 is 1. The van der Waals surface area contributed by atoms with Crippen molar-refractivity contribution in [3.8, 4) is 5.75 Å². The van der Waals surface area contributed by atoms with Crippen molar-refractivity contribution in [3.05, 3.63) is 61.6 Å². The highest BCUT2D eigenvalue weighted by Gasteiger charge is 2.12. The van der Waals surface area contributed by atoms with Crippen molar-refractivity contribution in [3.63, 3.8) is 0 Å². The molecule has 1 atom stereocenters. The van der Waals surface area contributed by atoms with Crippen LogP contribution in [0.1, 0.15) is 17.2 Å². The molecule has 2 aromatic carbocycles. The summed E-state index contributed by atoms with van der Waals surface area (Å²) in [7, 11) is 1.64. The van der Waals surface area contributed by atoms with Gasteiger partial charge in [-0.25, -0.2) is 0 Å². The Morgan fingerprint density at radius 2 is 2.05 bits per heavy atom. The second-order valence-electron chi connectivity index (χ2n) is 4.23. The Labute approximate surface area is 135 Å². The van der Waals surface area contributed by atoms with Crippen LogP contribution in [0.3, 0.4) is 0 Å². The molecule has 100 valence electrons. The van der Waals surface area contributed by atoms with Gasteiger partial charge in [-0.2, -0.15) is 0 Å². The predicted molar refractivity (Wildman–Crippen MR) is 88.5 cm³/mol. The van der Waals surface area contributed by atoms with Crippen molar-refractivity contribution in [1.29, 1.82) is 0 Å². The van der Waals surface area contributed by atoms with Crippen LogP contribution in [0.15, 0.2) is 46.9 Å². The lowest BCUT2D eigenvalue weighted by Crippen LogP contribution is -2.03. The van der Waals surface area contributed by atoms with Crippen LogP contribution in [0.4, 0.5) is 0 Å². The first-order chi connectivity index (χ1) is 9.10. The summed E-state index contributed by atoms with van der Waals surface area (Å²) in [5.41, 5.74) is 1.97. The molecular weight excluding hydrogens is 419 g/mol. The van der Waals surface area contributed by atoms with Crippen LogP contribution in [0.2, 0.25) is 0 Å². The standard InChI is InChI=1S/C15H14BrIO2/c1-19-13-5-6-14(16)11(8-13)9-15(18)10-3-2-4-12(17)7-10/h2-8,15,18H,9H2,1H3. The van der Waals surface area contributed by atoms with Gasteiger partial charge >= 0.3 is 0 Å². The van der Waals surface area contributed by atoms with Crippen molar-refractivity contribution in [2.75, 3.05) is 7.11 Å². The minimum absolute atomic E-state index is 0.516. The van der Waals surface area contributed by atoms with Crippen LogP contribution < -0.4 is 4.74 Å². The van der Waals surface area contributed by atoms with E-state index < -0.39 is 6.10 Å². The molecule has 0 saturated carbocycles. The van der Waals surface area contributed by atoms with Crippen molar-refractivity contribution in [2.24, 2.45) is 0 Å². The van der Waals surface area contributed by atoms with Crippen LogP contribution in [-0.4, -0.2) is 12.2 Å². The molecule has 0 aliphatic rings. The van der Waals surface area contributed by atoms with Gasteiger partial charge in [0.05, 0.1) is 13.2 Å². The summed E-state index contributed by atoms with van der Waals surface area (Å²) in [6, 6.07) is 13.7. The lowest BCUT2D eigenvalue weighted by Gasteiger charge is -2.13. The summed E-state index contributed by atoms with van der Waals surface area (Å²) in [5.74, 6) is 0.799. The predicted octanol–water partition coefficient (Wildman–Crippen LogP) is 4.34. The zero-order chi connectivity index (χ0) is 13.8. The molecule has 1 N–H and O–H groups in total. The molecule has 0 aromatic heterocycles. The molecule has 2 nitrogen and oxygen atoms in total. The van der Waals surface area contributed by atoms with Crippen molar-refractivity contribution in [1.82, 2.24) is 0 Å². The normalized spacial score (nSPS) is 12.2. The number of aliphatic hydroxyl groups is 1. The van der Waals surface area contributed by atoms with Crippen LogP contribution in [-0.2, 0) is 6.42 Å². The topological polar surface area (TPSA) is 29.5 Å². The number of hydrogen-bond acceptors (Lipinski definition) is 2. The van der Waals surface area contributed by atoms with E-state index in [1.54, 1.807) is 7.11 Å². The van der Waals surface area contributed by atoms with E-state index in [0.717, 1.165) is 24.9 Å². The molecule has 0 amide bonds. The quantitative estimate of drug-likeness (QED) is 0.728. The summed E-state index contributed by atoms with van der Waals surface area (Å²) in [6.45, 7) is 0. The fraction of sp³-hybridized carbons (Fsp3) is 0.200. The number of benzene rings is 2. The third-order valence-corrected chi connectivity index (χ3v) is 4.34. The number of halogens is 2. The van der Waals surface area contributed by atoms with E-state index in [0.29, 0.717) is 6.42 Å². The number of hydrogen-bond donors (Lipinski definition) is 1. The van der Waals surface area contributed by atoms with Gasteiger partial charge in [-0.05, 0) is 64.0 Å². The zero-order valence-corrected chi connectivity index (χ0v) is 14.2. The number of ether oxygens (including phenoxy) is 1. The summed E-state index contributed by atoms with van der Waals surface area (Å²) in [4.78, 5) is 0. The molecule has 0 fully saturated rings. The molecule has 4 heteroatoms. The second-order valence-corrected chi connectivity index (χ2v) is 6.33. The van der Waals surface area contributed by atoms with Crippen LogP contribution in [0.25, 0.3) is 0 Å². The number of aliphatic hydroxyl groups excluding tert-OH is 1. The van der Waals surface area contributed by atoms with Crippen LogP contribution in [0.5, 0.6) is 5.75 Å². The monoisotopic (exact) mass is 432 g/mol. The highest BCUT2D eigenvalue weighted by atomic mass is 127. The Balaban J connectivity index is 2.21. The Hall–Kier alpha value is -0.590. The van der Waals surface area contributed by atoms with Gasteiger partial charge in [0.25, 0.3) is 0 Å². The molecule has 0 bridgehead atoms.